The number of nitrogens with zero attached hydrogens (tertiary/aromatic N) is 5. The molecule has 0 fully saturated rings. The van der Waals surface area contributed by atoms with Crippen molar-refractivity contribution in [2.24, 2.45) is 0 Å². The lowest BCUT2D eigenvalue weighted by Crippen LogP contribution is -2.20. The van der Waals surface area contributed by atoms with Gasteiger partial charge in [0.1, 0.15) is 34.5 Å². The molecule has 4 aromatic rings. The van der Waals surface area contributed by atoms with Crippen molar-refractivity contribution in [3.63, 3.8) is 0 Å². The number of carbonyl (C=O) groups excluding carboxylic acids is 2. The molecule has 7 N–H and O–H groups in total. The maximum absolute atomic E-state index is 11.9. The normalized spacial score (nSPS) is 10.6. The van der Waals surface area contributed by atoms with E-state index in [9.17, 15) is 9.59 Å². The van der Waals surface area contributed by atoms with Crippen LogP contribution in [0.4, 0.5) is 17.2 Å². The first kappa shape index (κ1) is 27.8. The van der Waals surface area contributed by atoms with Crippen molar-refractivity contribution in [3.8, 4) is 6.07 Å². The molecule has 0 saturated heterocycles. The molecule has 198 valence electrons. The number of nitrogens with two attached hydrogens (primary N) is 3. The largest absolute Gasteiger partial charge is 0.462 e. The number of hydrogen-bond acceptors (Lipinski definition) is 12. The molecule has 3 aromatic heterocycles. The minimum atomic E-state index is -0.637. The minimum Gasteiger partial charge on any atom is -0.462 e. The first-order valence-corrected chi connectivity index (χ1v) is 12.0. The average molecular weight is 538 g/mol. The molecule has 4 rings (SSSR count). The van der Waals surface area contributed by atoms with E-state index in [2.05, 4.69) is 20.3 Å². The van der Waals surface area contributed by atoms with E-state index in [1.807, 2.05) is 19.9 Å². The SMILES string of the molecule is CCOC(=O)C(=S)c1nnc2ccc(N)cc2c1N.CCOC(=O)c1c(C#N)c(N)n2[nH]c(C(C)C)nc12. The number of aromatic amines is 1. The van der Waals surface area contributed by atoms with E-state index in [1.54, 1.807) is 32.0 Å². The summed E-state index contributed by atoms with van der Waals surface area (Å²) in [5.74, 6) is -0.214. The molecule has 0 amide bonds. The Morgan fingerprint density at radius 1 is 1.16 bits per heavy atom. The highest BCUT2D eigenvalue weighted by Gasteiger charge is 2.26. The molecule has 0 aliphatic carbocycles. The number of thiocarbonyl (C=S) groups is 1. The Balaban J connectivity index is 0.000000211. The van der Waals surface area contributed by atoms with Gasteiger partial charge in [-0.25, -0.2) is 19.1 Å². The molecule has 0 spiro atoms. The van der Waals surface area contributed by atoms with Crippen LogP contribution in [0.1, 0.15) is 61.1 Å². The molecule has 0 saturated carbocycles. The lowest BCUT2D eigenvalue weighted by molar-refractivity contribution is -0.134. The fourth-order valence-corrected chi connectivity index (χ4v) is 3.63. The maximum atomic E-state index is 11.9. The Morgan fingerprint density at radius 2 is 1.84 bits per heavy atom. The molecule has 0 unspecified atom stereocenters. The van der Waals surface area contributed by atoms with Gasteiger partial charge in [-0.05, 0) is 32.0 Å². The summed E-state index contributed by atoms with van der Waals surface area (Å²) in [7, 11) is 0. The van der Waals surface area contributed by atoms with Gasteiger partial charge in [-0.15, -0.1) is 10.2 Å². The molecule has 38 heavy (non-hydrogen) atoms. The van der Waals surface area contributed by atoms with E-state index in [-0.39, 0.29) is 52.3 Å². The van der Waals surface area contributed by atoms with Gasteiger partial charge >= 0.3 is 11.9 Å². The molecule has 0 atom stereocenters. The molecule has 14 heteroatoms. The number of esters is 2. The maximum Gasteiger partial charge on any atom is 0.351 e. The van der Waals surface area contributed by atoms with Crippen LogP contribution in [-0.4, -0.2) is 54.8 Å². The van der Waals surface area contributed by atoms with Crippen LogP contribution in [0.3, 0.4) is 0 Å². The standard InChI is InChI=1S/C12H15N5O2.C12H12N4O2S/c1-4-19-12(18)8-7(5-13)9(14)17-11(8)15-10(16-17)6(2)3;1-2-18-12(17)11(19)10-9(14)7-5-6(13)3-4-8(7)15-16-10/h6H,4,14H2,1-3H3,(H,15,16);3-5H,2,13H2,1H3,(H2,14,15). The second kappa shape index (κ2) is 11.5. The van der Waals surface area contributed by atoms with Gasteiger partial charge in [0.15, 0.2) is 10.5 Å². The zero-order valence-corrected chi connectivity index (χ0v) is 22.0. The fourth-order valence-electron chi connectivity index (χ4n) is 3.42. The van der Waals surface area contributed by atoms with Gasteiger partial charge in [0.25, 0.3) is 0 Å². The molecular formula is C24H27N9O4S. The van der Waals surface area contributed by atoms with Crippen molar-refractivity contribution in [1.29, 1.82) is 5.26 Å². The number of anilines is 3. The van der Waals surface area contributed by atoms with Gasteiger partial charge < -0.3 is 26.7 Å². The molecule has 0 aliphatic rings. The zero-order chi connectivity index (χ0) is 28.1. The molecule has 0 radical (unpaired) electrons. The molecule has 0 bridgehead atoms. The number of aromatic nitrogens is 5. The van der Waals surface area contributed by atoms with Crippen molar-refractivity contribution in [1.82, 2.24) is 24.8 Å². The number of rotatable bonds is 6. The molecule has 13 nitrogen and oxygen atoms in total. The summed E-state index contributed by atoms with van der Waals surface area (Å²) in [5.41, 5.74) is 19.6. The summed E-state index contributed by atoms with van der Waals surface area (Å²) >= 11 is 5.00. The Labute approximate surface area is 222 Å². The lowest BCUT2D eigenvalue weighted by atomic mass is 10.1. The Bertz CT molecular complexity index is 1580. The number of fused-ring (bicyclic) bond motifs is 2. The average Bonchev–Trinajstić information content (AvgIpc) is 3.43. The van der Waals surface area contributed by atoms with Gasteiger partial charge in [0.05, 0.1) is 24.4 Å². The van der Waals surface area contributed by atoms with E-state index < -0.39 is 11.9 Å². The van der Waals surface area contributed by atoms with Crippen molar-refractivity contribution in [2.75, 3.05) is 30.4 Å². The van der Waals surface area contributed by atoms with Crippen molar-refractivity contribution in [3.05, 3.63) is 40.8 Å². The Kier molecular flexibility index (Phi) is 8.43. The minimum absolute atomic E-state index is 0.0869. The topological polar surface area (TPSA) is 213 Å². The first-order valence-electron chi connectivity index (χ1n) is 11.5. The van der Waals surface area contributed by atoms with Crippen LogP contribution in [0.15, 0.2) is 18.2 Å². The van der Waals surface area contributed by atoms with Crippen LogP contribution in [-0.2, 0) is 14.3 Å². The van der Waals surface area contributed by atoms with Gasteiger partial charge in [-0.3, -0.25) is 5.10 Å². The molecule has 0 aliphatic heterocycles. The summed E-state index contributed by atoms with van der Waals surface area (Å²) in [6.45, 7) is 7.77. The Hall–Kier alpha value is -4.77. The fraction of sp³-hybridized carbons (Fsp3) is 0.292. The van der Waals surface area contributed by atoms with Gasteiger partial charge in [-0.1, -0.05) is 26.1 Å². The predicted octanol–water partition coefficient (Wildman–Crippen LogP) is 2.49. The molecular weight excluding hydrogens is 510 g/mol. The summed E-state index contributed by atoms with van der Waals surface area (Å²) in [5, 5.41) is 20.6. The second-order valence-electron chi connectivity index (χ2n) is 8.18. The van der Waals surface area contributed by atoms with Gasteiger partial charge in [0.2, 0.25) is 0 Å². The van der Waals surface area contributed by atoms with E-state index in [0.29, 0.717) is 28.1 Å². The monoisotopic (exact) mass is 537 g/mol. The van der Waals surface area contributed by atoms with Gasteiger partial charge in [-0.2, -0.15) is 5.26 Å². The van der Waals surface area contributed by atoms with Crippen molar-refractivity contribution >= 4 is 62.8 Å². The van der Waals surface area contributed by atoms with Crippen LogP contribution in [0, 0.1) is 11.3 Å². The third-order valence-electron chi connectivity index (χ3n) is 5.27. The number of nitrogens with one attached hydrogen (secondary N) is 1. The van der Waals surface area contributed by atoms with E-state index in [4.69, 9.17) is 44.2 Å². The molecule has 1 aromatic carbocycles. The number of nitriles is 1. The second-order valence-corrected chi connectivity index (χ2v) is 8.59. The van der Waals surface area contributed by atoms with Crippen LogP contribution in [0.2, 0.25) is 0 Å². The van der Waals surface area contributed by atoms with Crippen LogP contribution < -0.4 is 17.2 Å². The zero-order valence-electron chi connectivity index (χ0n) is 21.2. The first-order chi connectivity index (χ1) is 18.0. The van der Waals surface area contributed by atoms with Crippen LogP contribution in [0.5, 0.6) is 0 Å². The highest BCUT2D eigenvalue weighted by Crippen LogP contribution is 2.26. The van der Waals surface area contributed by atoms with Crippen LogP contribution in [0.25, 0.3) is 16.6 Å². The number of ether oxygens (including phenoxy) is 2. The van der Waals surface area contributed by atoms with Crippen LogP contribution >= 0.6 is 12.2 Å². The summed E-state index contributed by atoms with van der Waals surface area (Å²) in [6, 6.07) is 6.98. The van der Waals surface area contributed by atoms with Gasteiger partial charge in [0, 0.05) is 17.0 Å². The summed E-state index contributed by atoms with van der Waals surface area (Å²) in [4.78, 5) is 27.8. The Morgan fingerprint density at radius 3 is 2.45 bits per heavy atom. The number of nitrogen functional groups attached to an aromatic ring is 3. The number of hydrogen-bond donors (Lipinski definition) is 4. The highest BCUT2D eigenvalue weighted by atomic mass is 32.1. The van der Waals surface area contributed by atoms with E-state index >= 15 is 0 Å². The summed E-state index contributed by atoms with van der Waals surface area (Å²) in [6.07, 6.45) is 0. The van der Waals surface area contributed by atoms with E-state index in [1.165, 1.54) is 4.52 Å². The number of H-pyrrole nitrogens is 1. The number of benzene rings is 1. The third-order valence-corrected chi connectivity index (χ3v) is 5.63. The highest BCUT2D eigenvalue weighted by molar-refractivity contribution is 7.82. The third kappa shape index (κ3) is 5.32. The lowest BCUT2D eigenvalue weighted by Gasteiger charge is -2.08. The van der Waals surface area contributed by atoms with Crippen molar-refractivity contribution < 1.29 is 19.1 Å². The predicted molar refractivity (Wildman–Crippen MR) is 145 cm³/mol. The van der Waals surface area contributed by atoms with Crippen molar-refractivity contribution in [2.45, 2.75) is 33.6 Å². The number of carbonyl (C=O) groups is 2. The quantitative estimate of drug-likeness (QED) is 0.121. The van der Waals surface area contributed by atoms with E-state index in [0.717, 1.165) is 0 Å². The smallest absolute Gasteiger partial charge is 0.351 e. The summed E-state index contributed by atoms with van der Waals surface area (Å²) < 4.78 is 11.2. The molecule has 3 heterocycles.